The Kier molecular flexibility index (Phi) is 5.51. The fraction of sp³-hybridized carbons (Fsp3) is 0.550. The topological polar surface area (TPSA) is 76.2 Å². The third-order valence-electron chi connectivity index (χ3n) is 5.68. The number of methoxy groups -OCH3 is 2. The van der Waals surface area contributed by atoms with Crippen molar-refractivity contribution < 1.29 is 23.9 Å². The van der Waals surface area contributed by atoms with Crippen LogP contribution < -0.4 is 4.74 Å². The molecule has 0 saturated carbocycles. The number of nitrogens with zero attached hydrogens (tertiary/aromatic N) is 2. The lowest BCUT2D eigenvalue weighted by Gasteiger charge is -2.35. The lowest BCUT2D eigenvalue weighted by molar-refractivity contribution is -0.142. The van der Waals surface area contributed by atoms with Crippen LogP contribution in [0.3, 0.4) is 0 Å². The Morgan fingerprint density at radius 2 is 2.00 bits per heavy atom. The third kappa shape index (κ3) is 3.43. The first kappa shape index (κ1) is 19.4. The molecule has 27 heavy (non-hydrogen) atoms. The van der Waals surface area contributed by atoms with Gasteiger partial charge >= 0.3 is 0 Å². The molecule has 146 valence electrons. The second-order valence-corrected chi connectivity index (χ2v) is 7.23. The van der Waals surface area contributed by atoms with E-state index in [1.807, 2.05) is 0 Å². The van der Waals surface area contributed by atoms with Crippen molar-refractivity contribution in [1.82, 2.24) is 9.80 Å². The van der Waals surface area contributed by atoms with Crippen molar-refractivity contribution in [3.05, 3.63) is 29.8 Å². The molecule has 2 aliphatic rings. The first-order valence-corrected chi connectivity index (χ1v) is 9.18. The molecule has 7 heteroatoms. The van der Waals surface area contributed by atoms with Crippen molar-refractivity contribution in [1.29, 1.82) is 0 Å². The van der Waals surface area contributed by atoms with Crippen LogP contribution in [0.15, 0.2) is 24.3 Å². The number of para-hydroxylation sites is 1. The van der Waals surface area contributed by atoms with Crippen LogP contribution in [0.1, 0.15) is 31.2 Å². The van der Waals surface area contributed by atoms with Gasteiger partial charge in [0.05, 0.1) is 18.6 Å². The maximum atomic E-state index is 13.1. The summed E-state index contributed by atoms with van der Waals surface area (Å²) in [6.45, 7) is 1.15. The van der Waals surface area contributed by atoms with Crippen molar-refractivity contribution in [2.24, 2.45) is 0 Å². The minimum absolute atomic E-state index is 0.00787. The number of hydrogen-bond donors (Lipinski definition) is 0. The van der Waals surface area contributed by atoms with E-state index in [9.17, 15) is 14.4 Å². The van der Waals surface area contributed by atoms with Crippen LogP contribution in [0.5, 0.6) is 5.75 Å². The van der Waals surface area contributed by atoms with E-state index in [0.29, 0.717) is 24.4 Å². The van der Waals surface area contributed by atoms with Gasteiger partial charge in [-0.1, -0.05) is 18.2 Å². The van der Waals surface area contributed by atoms with Gasteiger partial charge in [-0.2, -0.15) is 0 Å². The molecule has 2 saturated heterocycles. The van der Waals surface area contributed by atoms with E-state index in [-0.39, 0.29) is 36.7 Å². The zero-order chi connectivity index (χ0) is 19.6. The SMILES string of the molecule is COc1ccccc1[C@]1(CC(=O)N2CCC[C@H](OC)C2)CC(=O)N(C)C1=O. The Morgan fingerprint density at radius 3 is 2.63 bits per heavy atom. The molecule has 2 atom stereocenters. The second kappa shape index (κ2) is 7.68. The van der Waals surface area contributed by atoms with E-state index >= 15 is 0 Å². The lowest BCUT2D eigenvalue weighted by Crippen LogP contribution is -2.47. The predicted molar refractivity (Wildman–Crippen MR) is 98.3 cm³/mol. The van der Waals surface area contributed by atoms with Gasteiger partial charge in [-0.15, -0.1) is 0 Å². The number of benzene rings is 1. The zero-order valence-corrected chi connectivity index (χ0v) is 16.1. The summed E-state index contributed by atoms with van der Waals surface area (Å²) in [6.07, 6.45) is 1.69. The monoisotopic (exact) mass is 374 g/mol. The molecule has 0 radical (unpaired) electrons. The largest absolute Gasteiger partial charge is 0.496 e. The second-order valence-electron chi connectivity index (χ2n) is 7.23. The van der Waals surface area contributed by atoms with Gasteiger partial charge in [0, 0.05) is 45.7 Å². The molecule has 1 aromatic carbocycles. The van der Waals surface area contributed by atoms with E-state index in [4.69, 9.17) is 9.47 Å². The van der Waals surface area contributed by atoms with Gasteiger partial charge in [0.25, 0.3) is 0 Å². The number of piperidine rings is 1. The van der Waals surface area contributed by atoms with Crippen LogP contribution in [0, 0.1) is 0 Å². The number of amides is 3. The summed E-state index contributed by atoms with van der Waals surface area (Å²) in [7, 11) is 4.63. The lowest BCUT2D eigenvalue weighted by atomic mass is 9.75. The van der Waals surface area contributed by atoms with Gasteiger partial charge in [-0.05, 0) is 18.9 Å². The minimum Gasteiger partial charge on any atom is -0.496 e. The fourth-order valence-electron chi connectivity index (χ4n) is 4.10. The number of carbonyl (C=O) groups is 3. The first-order chi connectivity index (χ1) is 12.9. The highest BCUT2D eigenvalue weighted by atomic mass is 16.5. The highest BCUT2D eigenvalue weighted by molar-refractivity contribution is 6.10. The number of carbonyl (C=O) groups excluding carboxylic acids is 3. The number of rotatable bonds is 5. The molecule has 0 unspecified atom stereocenters. The van der Waals surface area contributed by atoms with Crippen LogP contribution in [-0.4, -0.2) is 68.0 Å². The maximum absolute atomic E-state index is 13.1. The molecule has 0 spiro atoms. The summed E-state index contributed by atoms with van der Waals surface area (Å²) in [5, 5.41) is 0. The highest BCUT2D eigenvalue weighted by Crippen LogP contribution is 2.43. The minimum atomic E-state index is -1.23. The Bertz CT molecular complexity index is 750. The first-order valence-electron chi connectivity index (χ1n) is 9.18. The van der Waals surface area contributed by atoms with Crippen LogP contribution in [-0.2, 0) is 24.5 Å². The highest BCUT2D eigenvalue weighted by Gasteiger charge is 2.54. The van der Waals surface area contributed by atoms with Gasteiger partial charge < -0.3 is 14.4 Å². The average molecular weight is 374 g/mol. The van der Waals surface area contributed by atoms with Crippen molar-refractivity contribution in [2.45, 2.75) is 37.2 Å². The number of likely N-dealkylation sites (tertiary alicyclic amines) is 2. The molecule has 0 bridgehead atoms. The van der Waals surface area contributed by atoms with Crippen molar-refractivity contribution in [3.8, 4) is 5.75 Å². The van der Waals surface area contributed by atoms with Crippen LogP contribution in [0.4, 0.5) is 0 Å². The summed E-state index contributed by atoms with van der Waals surface area (Å²) in [4.78, 5) is 41.4. The standard InChI is InChI=1S/C20H26N2O5/c1-21-17(23)11-20(19(21)25,15-8-4-5-9-16(15)27-3)12-18(24)22-10-6-7-14(13-22)26-2/h4-5,8-9,14H,6-7,10-13H2,1-3H3/t14-,20+/m0/s1. The Balaban J connectivity index is 1.96. The number of ether oxygens (including phenoxy) is 2. The molecule has 3 rings (SSSR count). The molecule has 3 amide bonds. The molecule has 7 nitrogen and oxygen atoms in total. The van der Waals surface area contributed by atoms with Gasteiger partial charge in [-0.25, -0.2) is 0 Å². The van der Waals surface area contributed by atoms with E-state index < -0.39 is 5.41 Å². The molecule has 0 aromatic heterocycles. The van der Waals surface area contributed by atoms with E-state index in [0.717, 1.165) is 17.7 Å². The number of hydrogen-bond acceptors (Lipinski definition) is 5. The van der Waals surface area contributed by atoms with Crippen molar-refractivity contribution in [3.63, 3.8) is 0 Å². The van der Waals surface area contributed by atoms with Crippen LogP contribution in [0.25, 0.3) is 0 Å². The average Bonchev–Trinajstić information content (AvgIpc) is 2.92. The van der Waals surface area contributed by atoms with Gasteiger partial charge in [0.15, 0.2) is 0 Å². The van der Waals surface area contributed by atoms with Crippen molar-refractivity contribution >= 4 is 17.7 Å². The quantitative estimate of drug-likeness (QED) is 0.727. The van der Waals surface area contributed by atoms with E-state index in [1.54, 1.807) is 36.3 Å². The molecule has 0 N–H and O–H groups in total. The number of likely N-dealkylation sites (N-methyl/N-ethyl adjacent to an activating group) is 1. The smallest absolute Gasteiger partial charge is 0.240 e. The molecule has 0 aliphatic carbocycles. The summed E-state index contributed by atoms with van der Waals surface area (Å²) in [6, 6.07) is 7.11. The molecule has 2 aliphatic heterocycles. The molecular formula is C20H26N2O5. The molecule has 2 fully saturated rings. The van der Waals surface area contributed by atoms with Gasteiger partial charge in [0.2, 0.25) is 17.7 Å². The van der Waals surface area contributed by atoms with Crippen LogP contribution >= 0.6 is 0 Å². The van der Waals surface area contributed by atoms with Gasteiger partial charge in [0.1, 0.15) is 5.75 Å². The Morgan fingerprint density at radius 1 is 1.26 bits per heavy atom. The third-order valence-corrected chi connectivity index (χ3v) is 5.68. The molecule has 2 heterocycles. The number of imide groups is 1. The van der Waals surface area contributed by atoms with E-state index in [1.165, 1.54) is 14.2 Å². The fourth-order valence-corrected chi connectivity index (χ4v) is 4.10. The van der Waals surface area contributed by atoms with Crippen LogP contribution in [0.2, 0.25) is 0 Å². The normalized spacial score (nSPS) is 25.8. The maximum Gasteiger partial charge on any atom is 0.240 e. The molecular weight excluding hydrogens is 348 g/mol. The zero-order valence-electron chi connectivity index (χ0n) is 16.1. The molecule has 1 aromatic rings. The van der Waals surface area contributed by atoms with Gasteiger partial charge in [-0.3, -0.25) is 19.3 Å². The Labute approximate surface area is 159 Å². The summed E-state index contributed by atoms with van der Waals surface area (Å²) >= 11 is 0. The predicted octanol–water partition coefficient (Wildman–Crippen LogP) is 1.35. The van der Waals surface area contributed by atoms with Crippen molar-refractivity contribution in [2.75, 3.05) is 34.4 Å². The Hall–Kier alpha value is -2.41. The van der Waals surface area contributed by atoms with E-state index in [2.05, 4.69) is 0 Å². The summed E-state index contributed by atoms with van der Waals surface area (Å²) in [5.41, 5.74) is -0.640. The summed E-state index contributed by atoms with van der Waals surface area (Å²) < 4.78 is 10.8. The summed E-state index contributed by atoms with van der Waals surface area (Å²) in [5.74, 6) is -0.271.